The highest BCUT2D eigenvalue weighted by Gasteiger charge is 2.26. The number of carbonyl (C=O) groups excluding carboxylic acids is 1. The lowest BCUT2D eigenvalue weighted by Crippen LogP contribution is -2.48. The minimum Gasteiger partial charge on any atom is -0.469 e. The lowest BCUT2D eigenvalue weighted by molar-refractivity contribution is -0.127. The highest BCUT2D eigenvalue weighted by Crippen LogP contribution is 2.26. The van der Waals surface area contributed by atoms with Crippen LogP contribution in [0.2, 0.25) is 0 Å². The number of amides is 1. The SMILES string of the molecule is CC1CN(C(CNC(=NCC(=O)N(C)C)NCCc2ccco2)c2cccs2)CCO1. The summed E-state index contributed by atoms with van der Waals surface area (Å²) < 4.78 is 11.1. The summed E-state index contributed by atoms with van der Waals surface area (Å²) in [5.74, 6) is 1.50. The van der Waals surface area contributed by atoms with E-state index >= 15 is 0 Å². The molecule has 31 heavy (non-hydrogen) atoms. The largest absolute Gasteiger partial charge is 0.469 e. The van der Waals surface area contributed by atoms with Gasteiger partial charge in [0.25, 0.3) is 0 Å². The van der Waals surface area contributed by atoms with Gasteiger partial charge in [-0.1, -0.05) is 6.07 Å². The molecule has 0 aliphatic carbocycles. The number of thiophene rings is 1. The van der Waals surface area contributed by atoms with E-state index in [0.717, 1.165) is 31.9 Å². The first-order chi connectivity index (χ1) is 15.0. The van der Waals surface area contributed by atoms with Crippen molar-refractivity contribution in [1.29, 1.82) is 0 Å². The number of morpholine rings is 1. The third-order valence-corrected chi connectivity index (χ3v) is 6.14. The number of nitrogens with one attached hydrogen (secondary N) is 2. The molecule has 0 radical (unpaired) electrons. The number of guanidine groups is 1. The number of hydrogen-bond donors (Lipinski definition) is 2. The van der Waals surface area contributed by atoms with Gasteiger partial charge in [-0.25, -0.2) is 4.99 Å². The van der Waals surface area contributed by atoms with E-state index < -0.39 is 0 Å². The Labute approximate surface area is 188 Å². The molecule has 8 nitrogen and oxygen atoms in total. The first kappa shape index (κ1) is 23.3. The van der Waals surface area contributed by atoms with Crippen molar-refractivity contribution in [3.05, 3.63) is 46.5 Å². The third kappa shape index (κ3) is 7.37. The molecule has 0 saturated carbocycles. The molecule has 2 N–H and O–H groups in total. The third-order valence-electron chi connectivity index (χ3n) is 5.16. The van der Waals surface area contributed by atoms with E-state index in [0.29, 0.717) is 19.0 Å². The molecule has 3 rings (SSSR count). The summed E-state index contributed by atoms with van der Waals surface area (Å²) in [6.07, 6.45) is 2.63. The van der Waals surface area contributed by atoms with Crippen LogP contribution in [0, 0.1) is 0 Å². The van der Waals surface area contributed by atoms with Crippen molar-refractivity contribution < 1.29 is 13.9 Å². The van der Waals surface area contributed by atoms with E-state index in [-0.39, 0.29) is 24.6 Å². The highest BCUT2D eigenvalue weighted by atomic mass is 32.1. The van der Waals surface area contributed by atoms with Gasteiger partial charge >= 0.3 is 0 Å². The molecule has 3 heterocycles. The van der Waals surface area contributed by atoms with Gasteiger partial charge in [0.15, 0.2) is 5.96 Å². The van der Waals surface area contributed by atoms with Crippen molar-refractivity contribution in [2.75, 3.05) is 53.4 Å². The number of carbonyl (C=O) groups is 1. The van der Waals surface area contributed by atoms with Crippen LogP contribution in [0.1, 0.15) is 23.6 Å². The number of aliphatic imine (C=N–C) groups is 1. The molecule has 1 aliphatic rings. The smallest absolute Gasteiger partial charge is 0.243 e. The molecule has 0 bridgehead atoms. The summed E-state index contributed by atoms with van der Waals surface area (Å²) in [6, 6.07) is 8.31. The van der Waals surface area contributed by atoms with Crippen LogP contribution in [0.3, 0.4) is 0 Å². The van der Waals surface area contributed by atoms with E-state index in [4.69, 9.17) is 9.15 Å². The second-order valence-corrected chi connectivity index (χ2v) is 8.78. The van der Waals surface area contributed by atoms with E-state index in [1.165, 1.54) is 4.88 Å². The fraction of sp³-hybridized carbons (Fsp3) is 0.545. The number of ether oxygens (including phenoxy) is 1. The maximum Gasteiger partial charge on any atom is 0.243 e. The zero-order chi connectivity index (χ0) is 22.1. The molecule has 0 aromatic carbocycles. The lowest BCUT2D eigenvalue weighted by Gasteiger charge is -2.37. The van der Waals surface area contributed by atoms with Gasteiger partial charge in [0.05, 0.1) is 25.0 Å². The fourth-order valence-electron chi connectivity index (χ4n) is 3.43. The van der Waals surface area contributed by atoms with Crippen molar-refractivity contribution in [3.8, 4) is 0 Å². The Kier molecular flexibility index (Phi) is 8.93. The molecule has 170 valence electrons. The Hall–Kier alpha value is -2.36. The standard InChI is InChI=1S/C22H33N5O3S/c1-17-16-27(10-12-29-17)19(20-7-5-13-31-20)14-24-22(25-15-21(28)26(2)3)23-9-8-18-6-4-11-30-18/h4-7,11,13,17,19H,8-10,12,14-16H2,1-3H3,(H2,23,24,25). The molecular weight excluding hydrogens is 414 g/mol. The highest BCUT2D eigenvalue weighted by molar-refractivity contribution is 7.10. The number of nitrogens with zero attached hydrogens (tertiary/aromatic N) is 3. The Balaban J connectivity index is 1.64. The van der Waals surface area contributed by atoms with E-state index in [1.807, 2.05) is 12.1 Å². The lowest BCUT2D eigenvalue weighted by atomic mass is 10.1. The predicted octanol–water partition coefficient (Wildman–Crippen LogP) is 1.97. The van der Waals surface area contributed by atoms with Crippen LogP contribution in [-0.2, 0) is 16.0 Å². The summed E-state index contributed by atoms with van der Waals surface area (Å²) in [5.41, 5.74) is 0. The van der Waals surface area contributed by atoms with Crippen molar-refractivity contribution in [3.63, 3.8) is 0 Å². The van der Waals surface area contributed by atoms with Crippen LogP contribution in [0.25, 0.3) is 0 Å². The number of rotatable bonds is 9. The monoisotopic (exact) mass is 447 g/mol. The maximum atomic E-state index is 12.0. The van der Waals surface area contributed by atoms with Crippen LogP contribution < -0.4 is 10.6 Å². The average molecular weight is 448 g/mol. The fourth-order valence-corrected chi connectivity index (χ4v) is 4.29. The first-order valence-corrected chi connectivity index (χ1v) is 11.5. The molecule has 2 aromatic rings. The molecular formula is C22H33N5O3S. The molecule has 1 fully saturated rings. The normalized spacial score (nSPS) is 18.5. The Morgan fingerprint density at radius 3 is 2.90 bits per heavy atom. The number of likely N-dealkylation sites (N-methyl/N-ethyl adjacent to an activating group) is 1. The second kappa shape index (κ2) is 11.9. The number of furan rings is 1. The number of hydrogen-bond acceptors (Lipinski definition) is 6. The summed E-state index contributed by atoms with van der Waals surface area (Å²) >= 11 is 1.76. The van der Waals surface area contributed by atoms with Crippen molar-refractivity contribution >= 4 is 23.2 Å². The zero-order valence-corrected chi connectivity index (χ0v) is 19.4. The Morgan fingerprint density at radius 1 is 1.35 bits per heavy atom. The molecule has 2 atom stereocenters. The molecule has 1 amide bonds. The van der Waals surface area contributed by atoms with Crippen molar-refractivity contribution in [1.82, 2.24) is 20.4 Å². The van der Waals surface area contributed by atoms with Gasteiger partial charge in [0.2, 0.25) is 5.91 Å². The molecule has 1 saturated heterocycles. The minimum atomic E-state index is -0.0380. The maximum absolute atomic E-state index is 12.0. The summed E-state index contributed by atoms with van der Waals surface area (Å²) in [4.78, 5) is 21.9. The molecule has 1 aliphatic heterocycles. The van der Waals surface area contributed by atoms with Crippen LogP contribution in [0.4, 0.5) is 0 Å². The average Bonchev–Trinajstić information content (AvgIpc) is 3.46. The summed E-state index contributed by atoms with van der Waals surface area (Å²) in [6.45, 7) is 6.09. The van der Waals surface area contributed by atoms with Gasteiger partial charge < -0.3 is 24.7 Å². The van der Waals surface area contributed by atoms with Gasteiger partial charge in [-0.05, 0) is 30.5 Å². The Morgan fingerprint density at radius 2 is 2.23 bits per heavy atom. The van der Waals surface area contributed by atoms with Crippen LogP contribution >= 0.6 is 11.3 Å². The van der Waals surface area contributed by atoms with E-state index in [2.05, 4.69) is 45.0 Å². The zero-order valence-electron chi connectivity index (χ0n) is 18.5. The van der Waals surface area contributed by atoms with Crippen LogP contribution in [0.15, 0.2) is 45.3 Å². The van der Waals surface area contributed by atoms with Crippen molar-refractivity contribution in [2.24, 2.45) is 4.99 Å². The minimum absolute atomic E-state index is 0.0380. The predicted molar refractivity (Wildman–Crippen MR) is 123 cm³/mol. The Bertz CT molecular complexity index is 807. The van der Waals surface area contributed by atoms with Gasteiger partial charge in [0.1, 0.15) is 12.3 Å². The summed E-state index contributed by atoms with van der Waals surface area (Å²) in [5, 5.41) is 8.90. The first-order valence-electron chi connectivity index (χ1n) is 10.7. The van der Waals surface area contributed by atoms with Crippen molar-refractivity contribution in [2.45, 2.75) is 25.5 Å². The summed E-state index contributed by atoms with van der Waals surface area (Å²) in [7, 11) is 3.48. The van der Waals surface area contributed by atoms with Gasteiger partial charge in [-0.15, -0.1) is 11.3 Å². The quantitative estimate of drug-likeness (QED) is 0.452. The van der Waals surface area contributed by atoms with Crippen LogP contribution in [-0.4, -0.2) is 81.2 Å². The van der Waals surface area contributed by atoms with Gasteiger partial charge in [-0.3, -0.25) is 9.69 Å². The van der Waals surface area contributed by atoms with E-state index in [1.54, 1.807) is 36.6 Å². The topological polar surface area (TPSA) is 82.3 Å². The van der Waals surface area contributed by atoms with Gasteiger partial charge in [0, 0.05) is 51.6 Å². The van der Waals surface area contributed by atoms with E-state index in [9.17, 15) is 4.79 Å². The molecule has 9 heteroatoms. The van der Waals surface area contributed by atoms with Crippen LogP contribution in [0.5, 0.6) is 0 Å². The molecule has 0 spiro atoms. The second-order valence-electron chi connectivity index (χ2n) is 7.80. The molecule has 2 aromatic heterocycles. The van der Waals surface area contributed by atoms with Gasteiger partial charge in [-0.2, -0.15) is 0 Å². The molecule has 2 unspecified atom stereocenters.